The third-order valence-electron chi connectivity index (χ3n) is 3.63. The molecule has 0 saturated heterocycles. The van der Waals surface area contributed by atoms with Gasteiger partial charge in [0.2, 0.25) is 0 Å². The summed E-state index contributed by atoms with van der Waals surface area (Å²) in [5, 5.41) is 9.74. The Labute approximate surface area is 74.1 Å². The molecule has 0 bridgehead atoms. The number of hydrogen-bond donors (Lipinski definition) is 2. The fraction of sp³-hybridized carbons (Fsp3) is 1.00. The van der Waals surface area contributed by atoms with Gasteiger partial charge in [-0.3, -0.25) is 0 Å². The van der Waals surface area contributed by atoms with E-state index in [0.29, 0.717) is 12.5 Å². The topological polar surface area (TPSA) is 46.2 Å². The second-order valence-electron chi connectivity index (χ2n) is 4.33. The molecule has 3 atom stereocenters. The summed E-state index contributed by atoms with van der Waals surface area (Å²) in [6, 6.07) is 0. The molecule has 2 nitrogen and oxygen atoms in total. The SMILES string of the molecule is NCCC(O)C1C2CCCCC21. The predicted octanol–water partition coefficient (Wildman–Crippen LogP) is 1.13. The summed E-state index contributed by atoms with van der Waals surface area (Å²) >= 11 is 0. The lowest BCUT2D eigenvalue weighted by Gasteiger charge is -2.07. The molecule has 2 heteroatoms. The lowest BCUT2D eigenvalue weighted by Crippen LogP contribution is -2.16. The number of aliphatic hydroxyl groups is 1. The standard InChI is InChI=1S/C10H19NO/c11-6-5-9(12)10-7-3-1-2-4-8(7)10/h7-10,12H,1-6,11H2. The molecule has 0 aromatic carbocycles. The number of aliphatic hydroxyl groups excluding tert-OH is 1. The third kappa shape index (κ3) is 1.38. The molecule has 3 N–H and O–H groups in total. The second kappa shape index (κ2) is 3.35. The highest BCUT2D eigenvalue weighted by molar-refractivity contribution is 5.02. The highest BCUT2D eigenvalue weighted by Crippen LogP contribution is 2.57. The Bertz CT molecular complexity index is 148. The van der Waals surface area contributed by atoms with E-state index in [4.69, 9.17) is 5.73 Å². The molecule has 2 fully saturated rings. The maximum atomic E-state index is 9.74. The number of fused-ring (bicyclic) bond motifs is 1. The highest BCUT2D eigenvalue weighted by atomic mass is 16.3. The molecule has 2 aliphatic rings. The van der Waals surface area contributed by atoms with Gasteiger partial charge in [-0.25, -0.2) is 0 Å². The minimum absolute atomic E-state index is 0.0944. The number of rotatable bonds is 3. The molecule has 2 saturated carbocycles. The first kappa shape index (κ1) is 8.52. The largest absolute Gasteiger partial charge is 0.393 e. The van der Waals surface area contributed by atoms with E-state index in [1.165, 1.54) is 25.7 Å². The molecule has 3 unspecified atom stereocenters. The third-order valence-corrected chi connectivity index (χ3v) is 3.63. The Hall–Kier alpha value is -0.0800. The molecule has 2 rings (SSSR count). The van der Waals surface area contributed by atoms with Crippen LogP contribution in [0.1, 0.15) is 32.1 Å². The predicted molar refractivity (Wildman–Crippen MR) is 48.6 cm³/mol. The summed E-state index contributed by atoms with van der Waals surface area (Å²) in [6.07, 6.45) is 6.19. The zero-order chi connectivity index (χ0) is 8.55. The van der Waals surface area contributed by atoms with Crippen LogP contribution in [0.5, 0.6) is 0 Å². The van der Waals surface area contributed by atoms with Crippen LogP contribution in [0.25, 0.3) is 0 Å². The molecule has 0 spiro atoms. The minimum atomic E-state index is -0.0944. The van der Waals surface area contributed by atoms with Gasteiger partial charge in [-0.1, -0.05) is 12.8 Å². The van der Waals surface area contributed by atoms with Gasteiger partial charge in [0, 0.05) is 0 Å². The normalized spacial score (nSPS) is 42.0. The Morgan fingerprint density at radius 3 is 2.33 bits per heavy atom. The first-order valence-corrected chi connectivity index (χ1v) is 5.22. The Balaban J connectivity index is 1.83. The van der Waals surface area contributed by atoms with Gasteiger partial charge in [-0.05, 0) is 43.6 Å². The van der Waals surface area contributed by atoms with Crippen molar-refractivity contribution in [2.24, 2.45) is 23.5 Å². The summed E-state index contributed by atoms with van der Waals surface area (Å²) < 4.78 is 0. The van der Waals surface area contributed by atoms with Crippen molar-refractivity contribution in [3.63, 3.8) is 0 Å². The maximum absolute atomic E-state index is 9.74. The monoisotopic (exact) mass is 169 g/mol. The van der Waals surface area contributed by atoms with Crippen LogP contribution in [-0.2, 0) is 0 Å². The van der Waals surface area contributed by atoms with E-state index < -0.39 is 0 Å². The van der Waals surface area contributed by atoms with E-state index in [0.717, 1.165) is 18.3 Å². The fourth-order valence-electron chi connectivity index (χ4n) is 2.98. The van der Waals surface area contributed by atoms with Gasteiger partial charge in [0.25, 0.3) is 0 Å². The molecule has 0 aromatic heterocycles. The van der Waals surface area contributed by atoms with Crippen molar-refractivity contribution in [2.75, 3.05) is 6.54 Å². The van der Waals surface area contributed by atoms with Gasteiger partial charge < -0.3 is 10.8 Å². The molecule has 0 heterocycles. The van der Waals surface area contributed by atoms with Crippen LogP contribution in [0.15, 0.2) is 0 Å². The van der Waals surface area contributed by atoms with Crippen molar-refractivity contribution in [2.45, 2.75) is 38.2 Å². The average molecular weight is 169 g/mol. The average Bonchev–Trinajstić information content (AvgIpc) is 2.78. The van der Waals surface area contributed by atoms with E-state index in [1.807, 2.05) is 0 Å². The van der Waals surface area contributed by atoms with E-state index in [-0.39, 0.29) is 6.10 Å². The van der Waals surface area contributed by atoms with Crippen LogP contribution >= 0.6 is 0 Å². The first-order valence-electron chi connectivity index (χ1n) is 5.22. The number of hydrogen-bond acceptors (Lipinski definition) is 2. The van der Waals surface area contributed by atoms with Gasteiger partial charge in [0.05, 0.1) is 6.10 Å². The molecule has 0 amide bonds. The van der Waals surface area contributed by atoms with Crippen molar-refractivity contribution in [1.29, 1.82) is 0 Å². The molecular weight excluding hydrogens is 150 g/mol. The zero-order valence-corrected chi connectivity index (χ0v) is 7.58. The van der Waals surface area contributed by atoms with Crippen LogP contribution in [0.4, 0.5) is 0 Å². The summed E-state index contributed by atoms with van der Waals surface area (Å²) in [5.41, 5.74) is 5.42. The summed E-state index contributed by atoms with van der Waals surface area (Å²) in [5.74, 6) is 2.34. The van der Waals surface area contributed by atoms with E-state index in [1.54, 1.807) is 0 Å². The van der Waals surface area contributed by atoms with Crippen molar-refractivity contribution in [3.05, 3.63) is 0 Å². The molecular formula is C10H19NO. The van der Waals surface area contributed by atoms with Crippen molar-refractivity contribution >= 4 is 0 Å². The highest BCUT2D eigenvalue weighted by Gasteiger charge is 2.53. The summed E-state index contributed by atoms with van der Waals surface area (Å²) in [6.45, 7) is 0.636. The lowest BCUT2D eigenvalue weighted by molar-refractivity contribution is 0.133. The zero-order valence-electron chi connectivity index (χ0n) is 7.58. The van der Waals surface area contributed by atoms with Gasteiger partial charge in [0.15, 0.2) is 0 Å². The van der Waals surface area contributed by atoms with E-state index in [2.05, 4.69) is 0 Å². The van der Waals surface area contributed by atoms with Crippen LogP contribution in [0.2, 0.25) is 0 Å². The molecule has 70 valence electrons. The molecule has 2 aliphatic carbocycles. The quantitative estimate of drug-likeness (QED) is 0.665. The molecule has 0 radical (unpaired) electrons. The van der Waals surface area contributed by atoms with Gasteiger partial charge in [0.1, 0.15) is 0 Å². The van der Waals surface area contributed by atoms with E-state index in [9.17, 15) is 5.11 Å². The lowest BCUT2D eigenvalue weighted by atomic mass is 10.0. The van der Waals surface area contributed by atoms with Crippen molar-refractivity contribution < 1.29 is 5.11 Å². The summed E-state index contributed by atoms with van der Waals surface area (Å²) in [7, 11) is 0. The molecule has 0 aliphatic heterocycles. The second-order valence-corrected chi connectivity index (χ2v) is 4.33. The number of nitrogens with two attached hydrogens (primary N) is 1. The van der Waals surface area contributed by atoms with Crippen LogP contribution in [-0.4, -0.2) is 17.8 Å². The smallest absolute Gasteiger partial charge is 0.0585 e. The van der Waals surface area contributed by atoms with Crippen LogP contribution in [0.3, 0.4) is 0 Å². The van der Waals surface area contributed by atoms with Gasteiger partial charge >= 0.3 is 0 Å². The molecule has 0 aromatic rings. The summed E-state index contributed by atoms with van der Waals surface area (Å²) in [4.78, 5) is 0. The van der Waals surface area contributed by atoms with Crippen molar-refractivity contribution in [1.82, 2.24) is 0 Å². The van der Waals surface area contributed by atoms with Gasteiger partial charge in [-0.15, -0.1) is 0 Å². The fourth-order valence-corrected chi connectivity index (χ4v) is 2.98. The van der Waals surface area contributed by atoms with Crippen molar-refractivity contribution in [3.8, 4) is 0 Å². The minimum Gasteiger partial charge on any atom is -0.393 e. The Morgan fingerprint density at radius 1 is 1.25 bits per heavy atom. The van der Waals surface area contributed by atoms with Gasteiger partial charge in [-0.2, -0.15) is 0 Å². The first-order chi connectivity index (χ1) is 5.84. The molecule has 12 heavy (non-hydrogen) atoms. The van der Waals surface area contributed by atoms with Crippen LogP contribution < -0.4 is 5.73 Å². The maximum Gasteiger partial charge on any atom is 0.0585 e. The Kier molecular flexibility index (Phi) is 2.37. The Morgan fingerprint density at radius 2 is 1.83 bits per heavy atom. The van der Waals surface area contributed by atoms with Crippen LogP contribution in [0, 0.1) is 17.8 Å². The van der Waals surface area contributed by atoms with E-state index >= 15 is 0 Å².